The lowest BCUT2D eigenvalue weighted by atomic mass is 10.1. The third-order valence-corrected chi connectivity index (χ3v) is 4.25. The zero-order valence-electron chi connectivity index (χ0n) is 14.2. The molecule has 0 saturated carbocycles. The zero-order valence-corrected chi connectivity index (χ0v) is 15.1. The SMILES string of the molecule is COCCO[C@@H]1[C@H](O)[C@@H](COP(=O)(O)O)O[C@H]1n1cc(C)c(N)nc1=O. The number of aliphatic hydroxyl groups is 1. The van der Waals surface area contributed by atoms with Crippen molar-refractivity contribution in [2.45, 2.75) is 31.5 Å². The molecule has 0 amide bonds. The molecular formula is C13H22N3O9P. The second-order valence-corrected chi connectivity index (χ2v) is 6.91. The van der Waals surface area contributed by atoms with Crippen molar-refractivity contribution in [3.8, 4) is 0 Å². The van der Waals surface area contributed by atoms with Gasteiger partial charge in [0.15, 0.2) is 6.23 Å². The number of ether oxygens (including phenoxy) is 3. The summed E-state index contributed by atoms with van der Waals surface area (Å²) >= 11 is 0. The molecule has 1 aromatic heterocycles. The Balaban J connectivity index is 2.27. The predicted octanol–water partition coefficient (Wildman–Crippen LogP) is -1.47. The number of phosphoric acid groups is 1. The molecule has 2 heterocycles. The lowest BCUT2D eigenvalue weighted by molar-refractivity contribution is -0.0817. The van der Waals surface area contributed by atoms with Crippen LogP contribution in [0.5, 0.6) is 0 Å². The van der Waals surface area contributed by atoms with Crippen molar-refractivity contribution >= 4 is 13.6 Å². The lowest BCUT2D eigenvalue weighted by Gasteiger charge is -2.22. The van der Waals surface area contributed by atoms with E-state index in [1.807, 2.05) is 0 Å². The van der Waals surface area contributed by atoms with Gasteiger partial charge in [-0.15, -0.1) is 0 Å². The molecule has 0 unspecified atom stereocenters. The van der Waals surface area contributed by atoms with Gasteiger partial charge in [0.25, 0.3) is 0 Å². The topological polar surface area (TPSA) is 176 Å². The number of rotatable bonds is 8. The fraction of sp³-hybridized carbons (Fsp3) is 0.692. The normalized spacial score (nSPS) is 26.3. The second-order valence-electron chi connectivity index (χ2n) is 5.67. The molecule has 1 aromatic rings. The van der Waals surface area contributed by atoms with Gasteiger partial charge in [-0.1, -0.05) is 0 Å². The van der Waals surface area contributed by atoms with Gasteiger partial charge in [-0.05, 0) is 6.92 Å². The summed E-state index contributed by atoms with van der Waals surface area (Å²) in [5.41, 5.74) is 5.39. The molecule has 0 spiro atoms. The van der Waals surface area contributed by atoms with E-state index in [9.17, 15) is 14.5 Å². The number of hydrogen-bond donors (Lipinski definition) is 4. The van der Waals surface area contributed by atoms with E-state index in [-0.39, 0.29) is 19.0 Å². The molecule has 0 aliphatic carbocycles. The van der Waals surface area contributed by atoms with Crippen LogP contribution in [0.25, 0.3) is 0 Å². The van der Waals surface area contributed by atoms with E-state index in [4.69, 9.17) is 29.7 Å². The van der Waals surface area contributed by atoms with Crippen LogP contribution >= 0.6 is 7.82 Å². The molecule has 0 aromatic carbocycles. The summed E-state index contributed by atoms with van der Waals surface area (Å²) in [4.78, 5) is 33.5. The van der Waals surface area contributed by atoms with Crippen LogP contribution in [0.3, 0.4) is 0 Å². The molecule has 5 N–H and O–H groups in total. The van der Waals surface area contributed by atoms with Gasteiger partial charge in [-0.25, -0.2) is 9.36 Å². The van der Waals surface area contributed by atoms with Crippen molar-refractivity contribution in [1.82, 2.24) is 9.55 Å². The summed E-state index contributed by atoms with van der Waals surface area (Å²) in [6.07, 6.45) is -3.15. The Morgan fingerprint density at radius 1 is 1.42 bits per heavy atom. The largest absolute Gasteiger partial charge is 0.469 e. The van der Waals surface area contributed by atoms with Crippen molar-refractivity contribution in [2.75, 3.05) is 32.7 Å². The number of methoxy groups -OCH3 is 1. The number of hydrogen-bond acceptors (Lipinski definition) is 9. The summed E-state index contributed by atoms with van der Waals surface area (Å²) in [5, 5.41) is 10.4. The molecule has 0 radical (unpaired) electrons. The lowest BCUT2D eigenvalue weighted by Crippen LogP contribution is -2.39. The van der Waals surface area contributed by atoms with E-state index in [1.165, 1.54) is 13.3 Å². The minimum Gasteiger partial charge on any atom is -0.387 e. The Morgan fingerprint density at radius 2 is 2.12 bits per heavy atom. The summed E-state index contributed by atoms with van der Waals surface area (Å²) in [6.45, 7) is 1.37. The monoisotopic (exact) mass is 395 g/mol. The second kappa shape index (κ2) is 8.55. The van der Waals surface area contributed by atoms with Crippen LogP contribution in [0.4, 0.5) is 5.82 Å². The standard InChI is InChI=1S/C13H22N3O9P/c1-7-5-16(13(18)15-11(7)14)12-10(23-4-3-22-2)9(17)8(25-12)6-24-26(19,20)21/h5,8-10,12,17H,3-4,6H2,1-2H3,(H2,14,15,18)(H2,19,20,21)/t8-,9-,10-,12-/m1/s1. The highest BCUT2D eigenvalue weighted by atomic mass is 31.2. The quantitative estimate of drug-likeness (QED) is 0.299. The fourth-order valence-corrected chi connectivity index (χ4v) is 2.80. The van der Waals surface area contributed by atoms with E-state index >= 15 is 0 Å². The van der Waals surface area contributed by atoms with Crippen LogP contribution in [-0.4, -0.2) is 69.7 Å². The molecule has 0 bridgehead atoms. The minimum absolute atomic E-state index is 0.0584. The molecule has 2 rings (SSSR count). The summed E-state index contributed by atoms with van der Waals surface area (Å²) in [5.74, 6) is 0.0584. The predicted molar refractivity (Wildman–Crippen MR) is 87.2 cm³/mol. The average molecular weight is 395 g/mol. The van der Waals surface area contributed by atoms with Crippen molar-refractivity contribution in [1.29, 1.82) is 0 Å². The first kappa shape index (κ1) is 20.9. The average Bonchev–Trinajstić information content (AvgIpc) is 2.85. The van der Waals surface area contributed by atoms with Crippen LogP contribution in [0, 0.1) is 6.92 Å². The van der Waals surface area contributed by atoms with Crippen LogP contribution in [0.2, 0.25) is 0 Å². The van der Waals surface area contributed by atoms with Gasteiger partial charge in [0.2, 0.25) is 0 Å². The highest BCUT2D eigenvalue weighted by Gasteiger charge is 2.46. The van der Waals surface area contributed by atoms with Crippen molar-refractivity contribution in [3.05, 3.63) is 22.2 Å². The van der Waals surface area contributed by atoms with E-state index < -0.39 is 44.7 Å². The molecule has 1 aliphatic heterocycles. The molecule has 4 atom stereocenters. The van der Waals surface area contributed by atoms with Gasteiger partial charge in [-0.2, -0.15) is 4.98 Å². The van der Waals surface area contributed by atoms with Gasteiger partial charge < -0.3 is 34.8 Å². The first-order valence-electron chi connectivity index (χ1n) is 7.63. The van der Waals surface area contributed by atoms with Gasteiger partial charge in [0.05, 0.1) is 19.8 Å². The Morgan fingerprint density at radius 3 is 2.73 bits per heavy atom. The molecule has 12 nitrogen and oxygen atoms in total. The highest BCUT2D eigenvalue weighted by molar-refractivity contribution is 7.46. The number of nitrogen functional groups attached to an aromatic ring is 1. The maximum Gasteiger partial charge on any atom is 0.469 e. The Bertz CT molecular complexity index is 721. The maximum atomic E-state index is 12.2. The third-order valence-electron chi connectivity index (χ3n) is 3.77. The molecular weight excluding hydrogens is 373 g/mol. The molecule has 148 valence electrons. The minimum atomic E-state index is -4.76. The number of nitrogens with two attached hydrogens (primary N) is 1. The van der Waals surface area contributed by atoms with Crippen LogP contribution < -0.4 is 11.4 Å². The summed E-state index contributed by atoms with van der Waals surface area (Å²) < 4.78 is 32.4. The van der Waals surface area contributed by atoms with Crippen molar-refractivity contribution in [3.63, 3.8) is 0 Å². The van der Waals surface area contributed by atoms with E-state index in [1.54, 1.807) is 6.92 Å². The van der Waals surface area contributed by atoms with E-state index in [2.05, 4.69) is 9.51 Å². The van der Waals surface area contributed by atoms with Gasteiger partial charge in [-0.3, -0.25) is 9.09 Å². The number of nitrogens with zero attached hydrogens (tertiary/aromatic N) is 2. The molecule has 13 heteroatoms. The summed E-state index contributed by atoms with van der Waals surface area (Å²) in [6, 6.07) is 0. The maximum absolute atomic E-state index is 12.2. The van der Waals surface area contributed by atoms with Crippen LogP contribution in [0.15, 0.2) is 11.0 Å². The van der Waals surface area contributed by atoms with Gasteiger partial charge in [0.1, 0.15) is 24.1 Å². The first-order chi connectivity index (χ1) is 12.1. The smallest absolute Gasteiger partial charge is 0.387 e. The van der Waals surface area contributed by atoms with Gasteiger partial charge >= 0.3 is 13.5 Å². The third kappa shape index (κ3) is 5.09. The Kier molecular flexibility index (Phi) is 6.88. The summed E-state index contributed by atoms with van der Waals surface area (Å²) in [7, 11) is -3.29. The Labute approximate surface area is 148 Å². The van der Waals surface area contributed by atoms with Crippen molar-refractivity contribution in [2.24, 2.45) is 0 Å². The number of aliphatic hydroxyl groups excluding tert-OH is 1. The number of anilines is 1. The first-order valence-corrected chi connectivity index (χ1v) is 9.16. The number of aromatic nitrogens is 2. The molecule has 1 aliphatic rings. The number of aryl methyl sites for hydroxylation is 1. The highest BCUT2D eigenvalue weighted by Crippen LogP contribution is 2.38. The van der Waals surface area contributed by atoms with E-state index in [0.29, 0.717) is 5.56 Å². The van der Waals surface area contributed by atoms with Gasteiger partial charge in [0, 0.05) is 18.9 Å². The Hall–Kier alpha value is -1.37. The van der Waals surface area contributed by atoms with Crippen LogP contribution in [0.1, 0.15) is 11.8 Å². The van der Waals surface area contributed by atoms with Crippen LogP contribution in [-0.2, 0) is 23.3 Å². The molecule has 1 saturated heterocycles. The number of phosphoric ester groups is 1. The zero-order chi connectivity index (χ0) is 19.5. The van der Waals surface area contributed by atoms with Crippen molar-refractivity contribution < 1.29 is 38.2 Å². The molecule has 26 heavy (non-hydrogen) atoms. The van der Waals surface area contributed by atoms with E-state index in [0.717, 1.165) is 4.57 Å². The fourth-order valence-electron chi connectivity index (χ4n) is 2.46. The molecule has 1 fully saturated rings.